The van der Waals surface area contributed by atoms with Crippen LogP contribution in [0.3, 0.4) is 0 Å². The molecule has 0 amide bonds. The molecule has 0 spiro atoms. The summed E-state index contributed by atoms with van der Waals surface area (Å²) < 4.78 is 17.9. The Labute approximate surface area is 177 Å². The number of hydrogen-bond acceptors (Lipinski definition) is 5. The number of hydrogen-bond donors (Lipinski definition) is 0. The Balaban J connectivity index is 1.88. The Hall–Kier alpha value is -3.12. The van der Waals surface area contributed by atoms with Crippen LogP contribution < -0.4 is 4.74 Å². The molecule has 0 saturated carbocycles. The summed E-state index contributed by atoms with van der Waals surface area (Å²) in [7, 11) is 1.37. The largest absolute Gasteiger partial charge is 0.467 e. The maximum Gasteiger partial charge on any atom is 0.337 e. The first-order chi connectivity index (χ1) is 14.3. The number of carbonyl (C=O) groups excluding carboxylic acids is 1. The highest BCUT2D eigenvalue weighted by Gasteiger charge is 2.20. The van der Waals surface area contributed by atoms with Crippen LogP contribution in [0.25, 0.3) is 16.9 Å². The van der Waals surface area contributed by atoms with E-state index in [1.165, 1.54) is 7.11 Å². The third kappa shape index (κ3) is 4.89. The van der Waals surface area contributed by atoms with Crippen molar-refractivity contribution < 1.29 is 19.0 Å². The van der Waals surface area contributed by atoms with E-state index in [4.69, 9.17) is 14.2 Å². The second-order valence-corrected chi connectivity index (χ2v) is 7.92. The zero-order valence-electron chi connectivity index (χ0n) is 18.1. The lowest BCUT2D eigenvalue weighted by molar-refractivity contribution is 0.0213. The Morgan fingerprint density at radius 3 is 2.47 bits per heavy atom. The van der Waals surface area contributed by atoms with Crippen molar-refractivity contribution in [3.8, 4) is 22.7 Å². The van der Waals surface area contributed by atoms with Crippen LogP contribution in [0, 0.1) is 0 Å². The average Bonchev–Trinajstić information content (AvgIpc) is 3.23. The first-order valence-corrected chi connectivity index (χ1v) is 9.91. The van der Waals surface area contributed by atoms with Crippen LogP contribution in [-0.2, 0) is 14.9 Å². The van der Waals surface area contributed by atoms with Crippen LogP contribution in [0.1, 0.15) is 43.6 Å². The van der Waals surface area contributed by atoms with Crippen LogP contribution in [0.5, 0.6) is 5.75 Å². The SMILES string of the molecule is CCOCOc1ccc(-n2cnc(-c3ccc(C(=O)OC)cc3)c2)cc1C(C)(C)C. The minimum absolute atomic E-state index is 0.0926. The van der Waals surface area contributed by atoms with E-state index < -0.39 is 0 Å². The van der Waals surface area contributed by atoms with Crippen molar-refractivity contribution in [2.45, 2.75) is 33.1 Å². The van der Waals surface area contributed by atoms with E-state index in [2.05, 4.69) is 31.8 Å². The predicted octanol–water partition coefficient (Wildman–Crippen LogP) is 5.00. The Kier molecular flexibility index (Phi) is 6.57. The van der Waals surface area contributed by atoms with Crippen LogP contribution in [-0.4, -0.2) is 36.0 Å². The van der Waals surface area contributed by atoms with Gasteiger partial charge in [-0.2, -0.15) is 0 Å². The normalized spacial score (nSPS) is 11.4. The number of imidazole rings is 1. The molecule has 30 heavy (non-hydrogen) atoms. The van der Waals surface area contributed by atoms with Gasteiger partial charge in [0.15, 0.2) is 6.79 Å². The molecule has 0 saturated heterocycles. The maximum absolute atomic E-state index is 11.6. The smallest absolute Gasteiger partial charge is 0.337 e. The summed E-state index contributed by atoms with van der Waals surface area (Å²) in [5.74, 6) is 0.465. The summed E-state index contributed by atoms with van der Waals surface area (Å²) in [4.78, 5) is 16.1. The van der Waals surface area contributed by atoms with Crippen molar-refractivity contribution in [2.75, 3.05) is 20.5 Å². The number of methoxy groups -OCH3 is 1. The summed E-state index contributed by atoms with van der Waals surface area (Å²) in [5, 5.41) is 0. The van der Waals surface area contributed by atoms with Gasteiger partial charge >= 0.3 is 5.97 Å². The highest BCUT2D eigenvalue weighted by molar-refractivity contribution is 5.89. The minimum Gasteiger partial charge on any atom is -0.467 e. The standard InChI is InChI=1S/C24H28N2O4/c1-6-29-16-30-22-12-11-19(13-20(22)24(2,3)4)26-14-21(25-15-26)17-7-9-18(10-8-17)23(27)28-5/h7-15H,6,16H2,1-5H3. The van der Waals surface area contributed by atoms with Crippen molar-refractivity contribution >= 4 is 5.97 Å². The molecular formula is C24H28N2O4. The Bertz CT molecular complexity index is 1000. The van der Waals surface area contributed by atoms with Crippen LogP contribution in [0.2, 0.25) is 0 Å². The van der Waals surface area contributed by atoms with Gasteiger partial charge in [-0.1, -0.05) is 32.9 Å². The Morgan fingerprint density at radius 1 is 1.10 bits per heavy atom. The van der Waals surface area contributed by atoms with Crippen LogP contribution in [0.15, 0.2) is 55.0 Å². The molecule has 158 valence electrons. The van der Waals surface area contributed by atoms with E-state index in [1.54, 1.807) is 18.5 Å². The zero-order chi connectivity index (χ0) is 21.7. The fourth-order valence-electron chi connectivity index (χ4n) is 3.09. The van der Waals surface area contributed by atoms with E-state index in [0.717, 1.165) is 28.3 Å². The van der Waals surface area contributed by atoms with Crippen molar-refractivity contribution in [1.29, 1.82) is 0 Å². The summed E-state index contributed by atoms with van der Waals surface area (Å²) >= 11 is 0. The van der Waals surface area contributed by atoms with E-state index >= 15 is 0 Å². The van der Waals surface area contributed by atoms with Crippen LogP contribution in [0.4, 0.5) is 0 Å². The van der Waals surface area contributed by atoms with E-state index in [1.807, 2.05) is 42.0 Å². The highest BCUT2D eigenvalue weighted by Crippen LogP contribution is 2.33. The van der Waals surface area contributed by atoms with Gasteiger partial charge in [0.25, 0.3) is 0 Å². The molecule has 3 rings (SSSR count). The van der Waals surface area contributed by atoms with Crippen molar-refractivity contribution in [3.05, 3.63) is 66.1 Å². The lowest BCUT2D eigenvalue weighted by Crippen LogP contribution is -2.15. The number of esters is 1. The van der Waals surface area contributed by atoms with Gasteiger partial charge in [0.1, 0.15) is 5.75 Å². The van der Waals surface area contributed by atoms with Crippen molar-refractivity contribution in [3.63, 3.8) is 0 Å². The first-order valence-electron chi connectivity index (χ1n) is 9.91. The van der Waals surface area contributed by atoms with E-state index in [9.17, 15) is 4.79 Å². The van der Waals surface area contributed by atoms with Gasteiger partial charge < -0.3 is 18.8 Å². The minimum atomic E-state index is -0.353. The molecule has 0 radical (unpaired) electrons. The summed E-state index contributed by atoms with van der Waals surface area (Å²) in [6, 6.07) is 13.3. The lowest BCUT2D eigenvalue weighted by atomic mass is 9.86. The molecule has 2 aromatic carbocycles. The first kappa shape index (κ1) is 21.6. The van der Waals surface area contributed by atoms with Crippen molar-refractivity contribution in [2.24, 2.45) is 0 Å². The van der Waals surface area contributed by atoms with E-state index in [0.29, 0.717) is 12.2 Å². The number of rotatable bonds is 7. The molecule has 6 heteroatoms. The monoisotopic (exact) mass is 408 g/mol. The summed E-state index contributed by atoms with van der Waals surface area (Å²) in [6.45, 7) is 9.25. The highest BCUT2D eigenvalue weighted by atomic mass is 16.7. The third-order valence-electron chi connectivity index (χ3n) is 4.76. The van der Waals surface area contributed by atoms with Gasteiger partial charge in [-0.15, -0.1) is 0 Å². The third-order valence-corrected chi connectivity index (χ3v) is 4.76. The van der Waals surface area contributed by atoms with E-state index in [-0.39, 0.29) is 18.2 Å². The fraction of sp³-hybridized carbons (Fsp3) is 0.333. The molecule has 0 aliphatic rings. The topological polar surface area (TPSA) is 62.6 Å². The zero-order valence-corrected chi connectivity index (χ0v) is 18.1. The second kappa shape index (κ2) is 9.13. The number of ether oxygens (including phenoxy) is 3. The molecule has 0 aliphatic carbocycles. The number of carbonyl (C=O) groups is 1. The summed E-state index contributed by atoms with van der Waals surface area (Å²) in [5.41, 5.74) is 4.25. The maximum atomic E-state index is 11.6. The second-order valence-electron chi connectivity index (χ2n) is 7.92. The van der Waals surface area contributed by atoms with Gasteiger partial charge in [0.2, 0.25) is 0 Å². The molecule has 1 heterocycles. The molecular weight excluding hydrogens is 380 g/mol. The summed E-state index contributed by atoms with van der Waals surface area (Å²) in [6.07, 6.45) is 3.75. The number of aromatic nitrogens is 2. The fourth-order valence-corrected chi connectivity index (χ4v) is 3.09. The van der Waals surface area contributed by atoms with Gasteiger partial charge in [-0.25, -0.2) is 9.78 Å². The lowest BCUT2D eigenvalue weighted by Gasteiger charge is -2.23. The molecule has 0 fully saturated rings. The van der Waals surface area contributed by atoms with Gasteiger partial charge in [0, 0.05) is 29.6 Å². The predicted molar refractivity (Wildman–Crippen MR) is 116 cm³/mol. The van der Waals surface area contributed by atoms with Crippen LogP contribution >= 0.6 is 0 Å². The molecule has 3 aromatic rings. The average molecular weight is 408 g/mol. The quantitative estimate of drug-likeness (QED) is 0.313. The van der Waals surface area contributed by atoms with Crippen molar-refractivity contribution in [1.82, 2.24) is 9.55 Å². The molecule has 1 aromatic heterocycles. The van der Waals surface area contributed by atoms with Gasteiger partial charge in [-0.05, 0) is 42.7 Å². The molecule has 0 atom stereocenters. The molecule has 0 unspecified atom stereocenters. The van der Waals surface area contributed by atoms with Gasteiger partial charge in [0.05, 0.1) is 24.7 Å². The number of nitrogens with zero attached hydrogens (tertiary/aromatic N) is 2. The molecule has 6 nitrogen and oxygen atoms in total. The molecule has 0 bridgehead atoms. The Morgan fingerprint density at radius 2 is 1.83 bits per heavy atom. The molecule has 0 N–H and O–H groups in total. The van der Waals surface area contributed by atoms with Gasteiger partial charge in [-0.3, -0.25) is 0 Å². The number of benzene rings is 2. The molecule has 0 aliphatic heterocycles.